The number of likely N-dealkylation sites (tertiary alicyclic amines) is 1. The molecule has 3 heterocycles. The first-order chi connectivity index (χ1) is 13.6. The maximum atomic E-state index is 12.2. The smallest absolute Gasteiger partial charge is 0.408 e. The molecule has 0 atom stereocenters. The topological polar surface area (TPSA) is 106 Å². The lowest BCUT2D eigenvalue weighted by Gasteiger charge is -2.29. The Labute approximate surface area is 161 Å². The summed E-state index contributed by atoms with van der Waals surface area (Å²) < 4.78 is 11.6. The zero-order chi connectivity index (χ0) is 19.5. The largest absolute Gasteiger partial charge is 0.420 e. The third kappa shape index (κ3) is 3.99. The third-order valence-corrected chi connectivity index (χ3v) is 5.13. The molecule has 9 nitrogen and oxygen atoms in total. The fourth-order valence-electron chi connectivity index (χ4n) is 3.40. The molecule has 0 spiro atoms. The maximum Gasteiger partial charge on any atom is 0.420 e. The van der Waals surface area contributed by atoms with E-state index in [4.69, 9.17) is 8.94 Å². The van der Waals surface area contributed by atoms with Crippen molar-refractivity contribution >= 4 is 17.0 Å². The number of hydrogen-bond acceptors (Lipinski definition) is 7. The van der Waals surface area contributed by atoms with Crippen LogP contribution in [0.2, 0.25) is 0 Å². The van der Waals surface area contributed by atoms with E-state index >= 15 is 0 Å². The van der Waals surface area contributed by atoms with Crippen LogP contribution < -0.4 is 11.1 Å². The SMILES string of the molecule is CC1CCN(CCNC(=O)c2nc(Cn3c(=O)oc4ccccc43)no2)CC1. The number of piperidine rings is 1. The molecule has 1 aromatic carbocycles. The van der Waals surface area contributed by atoms with Gasteiger partial charge in [-0.15, -0.1) is 0 Å². The number of para-hydroxylation sites is 2. The van der Waals surface area contributed by atoms with Crippen LogP contribution >= 0.6 is 0 Å². The number of nitrogens with zero attached hydrogens (tertiary/aromatic N) is 4. The highest BCUT2D eigenvalue weighted by Crippen LogP contribution is 2.15. The highest BCUT2D eigenvalue weighted by molar-refractivity contribution is 5.89. The molecule has 4 rings (SSSR count). The lowest BCUT2D eigenvalue weighted by Crippen LogP contribution is -2.39. The molecule has 3 aromatic rings. The Morgan fingerprint density at radius 3 is 2.89 bits per heavy atom. The van der Waals surface area contributed by atoms with Gasteiger partial charge in [-0.3, -0.25) is 9.36 Å². The predicted octanol–water partition coefficient (Wildman–Crippen LogP) is 1.49. The number of aromatic nitrogens is 3. The second-order valence-corrected chi connectivity index (χ2v) is 7.22. The number of amides is 1. The maximum absolute atomic E-state index is 12.2. The first-order valence-corrected chi connectivity index (χ1v) is 9.51. The molecule has 1 N–H and O–H groups in total. The Morgan fingerprint density at radius 1 is 1.29 bits per heavy atom. The molecule has 1 aliphatic heterocycles. The quantitative estimate of drug-likeness (QED) is 0.685. The average Bonchev–Trinajstić information content (AvgIpc) is 3.29. The first kappa shape index (κ1) is 18.4. The van der Waals surface area contributed by atoms with Gasteiger partial charge in [0.15, 0.2) is 11.4 Å². The zero-order valence-corrected chi connectivity index (χ0v) is 15.8. The molecule has 28 heavy (non-hydrogen) atoms. The van der Waals surface area contributed by atoms with Crippen LogP contribution in [0.1, 0.15) is 36.3 Å². The van der Waals surface area contributed by atoms with E-state index in [0.717, 1.165) is 25.6 Å². The fourth-order valence-corrected chi connectivity index (χ4v) is 3.40. The lowest BCUT2D eigenvalue weighted by atomic mass is 9.99. The molecule has 0 unspecified atom stereocenters. The van der Waals surface area contributed by atoms with Gasteiger partial charge in [0.05, 0.1) is 12.1 Å². The van der Waals surface area contributed by atoms with Crippen LogP contribution in [-0.4, -0.2) is 51.7 Å². The summed E-state index contributed by atoms with van der Waals surface area (Å²) in [6.45, 7) is 5.79. The van der Waals surface area contributed by atoms with E-state index in [1.807, 2.05) is 6.07 Å². The Hall–Kier alpha value is -2.94. The van der Waals surface area contributed by atoms with Crippen molar-refractivity contribution in [3.05, 3.63) is 46.5 Å². The molecule has 0 bridgehead atoms. The van der Waals surface area contributed by atoms with Gasteiger partial charge in [0.2, 0.25) is 0 Å². The second-order valence-electron chi connectivity index (χ2n) is 7.22. The highest BCUT2D eigenvalue weighted by atomic mass is 16.5. The molecule has 0 aliphatic carbocycles. The summed E-state index contributed by atoms with van der Waals surface area (Å²) in [7, 11) is 0. The molecule has 1 amide bonds. The highest BCUT2D eigenvalue weighted by Gasteiger charge is 2.19. The van der Waals surface area contributed by atoms with Crippen molar-refractivity contribution in [3.8, 4) is 0 Å². The minimum Gasteiger partial charge on any atom is -0.408 e. The zero-order valence-electron chi connectivity index (χ0n) is 15.8. The van der Waals surface area contributed by atoms with E-state index in [1.165, 1.54) is 17.4 Å². The van der Waals surface area contributed by atoms with Crippen LogP contribution in [0.3, 0.4) is 0 Å². The van der Waals surface area contributed by atoms with Gasteiger partial charge in [-0.25, -0.2) is 4.79 Å². The van der Waals surface area contributed by atoms with E-state index in [2.05, 4.69) is 27.3 Å². The number of oxazole rings is 1. The van der Waals surface area contributed by atoms with Crippen LogP contribution in [0, 0.1) is 5.92 Å². The standard InChI is InChI=1S/C19H23N5O4/c1-13-6-9-23(10-7-13)11-8-20-17(25)18-21-16(22-28-18)12-24-14-4-2-3-5-15(14)27-19(24)26/h2-5,13H,6-12H2,1H3,(H,20,25). The molecule has 1 saturated heterocycles. The van der Waals surface area contributed by atoms with Gasteiger partial charge in [-0.2, -0.15) is 4.98 Å². The minimum atomic E-state index is -0.507. The van der Waals surface area contributed by atoms with Crippen molar-refractivity contribution in [1.82, 2.24) is 24.9 Å². The average molecular weight is 385 g/mol. The van der Waals surface area contributed by atoms with Gasteiger partial charge in [0, 0.05) is 13.1 Å². The molecule has 0 radical (unpaired) electrons. The van der Waals surface area contributed by atoms with Gasteiger partial charge < -0.3 is 19.2 Å². The van der Waals surface area contributed by atoms with Crippen LogP contribution in [0.5, 0.6) is 0 Å². The molecular formula is C19H23N5O4. The Morgan fingerprint density at radius 2 is 2.07 bits per heavy atom. The van der Waals surface area contributed by atoms with Crippen molar-refractivity contribution < 1.29 is 13.7 Å². The summed E-state index contributed by atoms with van der Waals surface area (Å²) in [5.41, 5.74) is 1.13. The molecule has 1 aliphatic rings. The Balaban J connectivity index is 1.34. The van der Waals surface area contributed by atoms with Gasteiger partial charge in [-0.1, -0.05) is 24.2 Å². The van der Waals surface area contributed by atoms with E-state index in [0.29, 0.717) is 17.6 Å². The van der Waals surface area contributed by atoms with Gasteiger partial charge in [0.25, 0.3) is 0 Å². The van der Waals surface area contributed by atoms with Crippen molar-refractivity contribution in [2.75, 3.05) is 26.2 Å². The Kier molecular flexibility index (Phi) is 5.25. The van der Waals surface area contributed by atoms with Crippen LogP contribution in [0.4, 0.5) is 0 Å². The van der Waals surface area contributed by atoms with Crippen LogP contribution in [-0.2, 0) is 6.54 Å². The Bertz CT molecular complexity index is 1010. The predicted molar refractivity (Wildman–Crippen MR) is 101 cm³/mol. The van der Waals surface area contributed by atoms with E-state index in [9.17, 15) is 9.59 Å². The van der Waals surface area contributed by atoms with E-state index in [1.54, 1.807) is 18.2 Å². The number of carbonyl (C=O) groups excluding carboxylic acids is 1. The third-order valence-electron chi connectivity index (χ3n) is 5.13. The number of rotatable bonds is 6. The van der Waals surface area contributed by atoms with Crippen molar-refractivity contribution in [2.45, 2.75) is 26.3 Å². The van der Waals surface area contributed by atoms with Crippen LogP contribution in [0.25, 0.3) is 11.1 Å². The van der Waals surface area contributed by atoms with Gasteiger partial charge in [0.1, 0.15) is 0 Å². The van der Waals surface area contributed by atoms with Gasteiger partial charge >= 0.3 is 17.6 Å². The molecule has 0 saturated carbocycles. The summed E-state index contributed by atoms with van der Waals surface area (Å²) >= 11 is 0. The summed E-state index contributed by atoms with van der Waals surface area (Å²) in [6.07, 6.45) is 2.39. The number of hydrogen-bond donors (Lipinski definition) is 1. The van der Waals surface area contributed by atoms with Crippen molar-refractivity contribution in [3.63, 3.8) is 0 Å². The summed E-state index contributed by atoms with van der Waals surface area (Å²) in [5.74, 6) is -0.00387. The molecule has 148 valence electrons. The summed E-state index contributed by atoms with van der Waals surface area (Å²) in [6, 6.07) is 7.09. The normalized spacial score (nSPS) is 15.9. The van der Waals surface area contributed by atoms with E-state index < -0.39 is 11.7 Å². The molecule has 9 heteroatoms. The fraction of sp³-hybridized carbons (Fsp3) is 0.474. The molecule has 1 fully saturated rings. The lowest BCUT2D eigenvalue weighted by molar-refractivity contribution is 0.0901. The summed E-state index contributed by atoms with van der Waals surface area (Å²) in [4.78, 5) is 30.7. The van der Waals surface area contributed by atoms with Crippen molar-refractivity contribution in [1.29, 1.82) is 0 Å². The number of fused-ring (bicyclic) bond motifs is 1. The summed E-state index contributed by atoms with van der Waals surface area (Å²) in [5, 5.41) is 6.61. The number of nitrogens with one attached hydrogen (secondary N) is 1. The molecule has 2 aromatic heterocycles. The molecular weight excluding hydrogens is 362 g/mol. The minimum absolute atomic E-state index is 0.0680. The monoisotopic (exact) mass is 385 g/mol. The van der Waals surface area contributed by atoms with Crippen molar-refractivity contribution in [2.24, 2.45) is 5.92 Å². The number of carbonyl (C=O) groups is 1. The van der Waals surface area contributed by atoms with Gasteiger partial charge in [-0.05, 0) is 44.0 Å². The van der Waals surface area contributed by atoms with Crippen LogP contribution in [0.15, 0.2) is 38.0 Å². The second kappa shape index (κ2) is 7.97. The number of benzene rings is 1. The first-order valence-electron chi connectivity index (χ1n) is 9.51. The van der Waals surface area contributed by atoms with E-state index in [-0.39, 0.29) is 18.3 Å².